The maximum Gasteiger partial charge on any atom is 0.417 e. The number of nitrogens with zero attached hydrogens (tertiary/aromatic N) is 1. The molecule has 0 amide bonds. The Morgan fingerprint density at radius 1 is 1.15 bits per heavy atom. The van der Waals surface area contributed by atoms with Gasteiger partial charge in [0.15, 0.2) is 0 Å². The summed E-state index contributed by atoms with van der Waals surface area (Å²) < 4.78 is 67.7. The molecular weight excluding hydrogens is 369 g/mol. The van der Waals surface area contributed by atoms with Gasteiger partial charge >= 0.3 is 6.18 Å². The lowest BCUT2D eigenvalue weighted by atomic mass is 10.1. The highest BCUT2D eigenvalue weighted by Crippen LogP contribution is 2.36. The van der Waals surface area contributed by atoms with Crippen LogP contribution in [0, 0.1) is 6.92 Å². The van der Waals surface area contributed by atoms with E-state index in [1.807, 2.05) is 19.1 Å². The van der Waals surface area contributed by atoms with Gasteiger partial charge in [-0.05, 0) is 42.3 Å². The molecule has 2 N–H and O–H groups in total. The zero-order valence-corrected chi connectivity index (χ0v) is 15.3. The van der Waals surface area contributed by atoms with Crippen LogP contribution in [0.5, 0.6) is 5.75 Å². The fourth-order valence-corrected chi connectivity index (χ4v) is 3.37. The molecule has 2 aromatic carbocycles. The Labute approximate surface area is 150 Å². The molecule has 0 saturated carbocycles. The summed E-state index contributed by atoms with van der Waals surface area (Å²) in [6.45, 7) is 2.20. The molecule has 0 unspecified atom stereocenters. The van der Waals surface area contributed by atoms with Crippen LogP contribution >= 0.6 is 0 Å². The van der Waals surface area contributed by atoms with Gasteiger partial charge in [0.05, 0.1) is 17.6 Å². The minimum absolute atomic E-state index is 0.221. The number of anilines is 1. The van der Waals surface area contributed by atoms with Gasteiger partial charge in [0.1, 0.15) is 5.75 Å². The highest BCUT2D eigenvalue weighted by atomic mass is 32.2. The number of benzene rings is 2. The van der Waals surface area contributed by atoms with Crippen molar-refractivity contribution >= 4 is 15.7 Å². The Bertz CT molecular complexity index is 912. The first-order valence-corrected chi connectivity index (χ1v) is 9.07. The quantitative estimate of drug-likeness (QED) is 0.853. The standard InChI is InChI=1S/C17H19F3N2O3S/c1-11-8-12(4-6-15(11)25-3)10-22(2)13-5-7-16(26(21,23)24)14(9-13)17(18,19)20/h4-9H,10H2,1-3H3,(H2,21,23,24). The van der Waals surface area contributed by atoms with Crippen molar-refractivity contribution in [2.24, 2.45) is 5.14 Å². The van der Waals surface area contributed by atoms with E-state index in [2.05, 4.69) is 0 Å². The lowest BCUT2D eigenvalue weighted by Gasteiger charge is -2.22. The minimum atomic E-state index is -4.84. The average molecular weight is 388 g/mol. The van der Waals surface area contributed by atoms with E-state index < -0.39 is 26.7 Å². The second-order valence-corrected chi connectivity index (χ2v) is 7.41. The van der Waals surface area contributed by atoms with Crippen LogP contribution in [0.4, 0.5) is 18.9 Å². The Balaban J connectivity index is 2.38. The number of aryl methyl sites for hydroxylation is 1. The number of sulfonamides is 1. The van der Waals surface area contributed by atoms with E-state index in [0.717, 1.165) is 23.3 Å². The van der Waals surface area contributed by atoms with Crippen LogP contribution in [0.15, 0.2) is 41.3 Å². The molecule has 0 saturated heterocycles. The summed E-state index contributed by atoms with van der Waals surface area (Å²) in [6, 6.07) is 8.43. The number of methoxy groups -OCH3 is 1. The summed E-state index contributed by atoms with van der Waals surface area (Å²) in [6.07, 6.45) is -4.84. The Morgan fingerprint density at radius 3 is 2.31 bits per heavy atom. The van der Waals surface area contributed by atoms with E-state index in [0.29, 0.717) is 12.3 Å². The van der Waals surface area contributed by atoms with Crippen LogP contribution in [0.3, 0.4) is 0 Å². The van der Waals surface area contributed by atoms with Crippen molar-refractivity contribution in [3.63, 3.8) is 0 Å². The first-order chi connectivity index (χ1) is 11.9. The first kappa shape index (κ1) is 20.1. The monoisotopic (exact) mass is 388 g/mol. The molecule has 0 fully saturated rings. The summed E-state index contributed by atoms with van der Waals surface area (Å²) in [4.78, 5) is 0.645. The Hall–Kier alpha value is -2.26. The molecule has 9 heteroatoms. The molecule has 142 valence electrons. The van der Waals surface area contributed by atoms with Crippen LogP contribution in [-0.2, 0) is 22.7 Å². The van der Waals surface area contributed by atoms with Gasteiger partial charge in [-0.2, -0.15) is 13.2 Å². The molecule has 26 heavy (non-hydrogen) atoms. The second-order valence-electron chi connectivity index (χ2n) is 5.88. The van der Waals surface area contributed by atoms with Crippen LogP contribution < -0.4 is 14.8 Å². The number of ether oxygens (including phenoxy) is 1. The predicted octanol–water partition coefficient (Wildman–Crippen LogP) is 3.31. The van der Waals surface area contributed by atoms with E-state index >= 15 is 0 Å². The SMILES string of the molecule is COc1ccc(CN(C)c2ccc(S(N)(=O)=O)c(C(F)(F)F)c2)cc1C. The van der Waals surface area contributed by atoms with Crippen molar-refractivity contribution in [2.75, 3.05) is 19.1 Å². The summed E-state index contributed by atoms with van der Waals surface area (Å²) in [5.74, 6) is 0.716. The van der Waals surface area contributed by atoms with Crippen molar-refractivity contribution < 1.29 is 26.3 Å². The van der Waals surface area contributed by atoms with Crippen molar-refractivity contribution in [3.8, 4) is 5.75 Å². The highest BCUT2D eigenvalue weighted by Gasteiger charge is 2.36. The average Bonchev–Trinajstić information content (AvgIpc) is 2.52. The van der Waals surface area contributed by atoms with Crippen LogP contribution in [0.2, 0.25) is 0 Å². The summed E-state index contributed by atoms with van der Waals surface area (Å²) in [5.41, 5.74) is 0.710. The third-order valence-electron chi connectivity index (χ3n) is 3.89. The lowest BCUT2D eigenvalue weighted by molar-refractivity contribution is -0.139. The molecule has 0 radical (unpaired) electrons. The number of hydrogen-bond acceptors (Lipinski definition) is 4. The number of alkyl halides is 3. The van der Waals surface area contributed by atoms with Crippen molar-refractivity contribution in [3.05, 3.63) is 53.1 Å². The molecule has 2 rings (SSSR count). The van der Waals surface area contributed by atoms with Crippen LogP contribution in [0.1, 0.15) is 16.7 Å². The third-order valence-corrected chi connectivity index (χ3v) is 4.86. The smallest absolute Gasteiger partial charge is 0.417 e. The van der Waals surface area contributed by atoms with Gasteiger partial charge in [-0.1, -0.05) is 12.1 Å². The molecule has 0 aliphatic heterocycles. The second kappa shape index (κ2) is 7.16. The van der Waals surface area contributed by atoms with Crippen molar-refractivity contribution in [1.82, 2.24) is 0 Å². The largest absolute Gasteiger partial charge is 0.496 e. The van der Waals surface area contributed by atoms with E-state index in [4.69, 9.17) is 9.88 Å². The maximum absolute atomic E-state index is 13.2. The molecule has 0 aromatic heterocycles. The normalized spacial score (nSPS) is 12.1. The summed E-state index contributed by atoms with van der Waals surface area (Å²) in [7, 11) is -1.31. The topological polar surface area (TPSA) is 72.6 Å². The van der Waals surface area contributed by atoms with Gasteiger partial charge in [0.25, 0.3) is 0 Å². The zero-order valence-electron chi connectivity index (χ0n) is 14.5. The number of rotatable bonds is 5. The van der Waals surface area contributed by atoms with Gasteiger partial charge in [-0.15, -0.1) is 0 Å². The molecule has 0 heterocycles. The van der Waals surface area contributed by atoms with Crippen molar-refractivity contribution in [2.45, 2.75) is 24.5 Å². The minimum Gasteiger partial charge on any atom is -0.496 e. The number of primary sulfonamides is 1. The number of halogens is 3. The predicted molar refractivity (Wildman–Crippen MR) is 92.7 cm³/mol. The molecule has 2 aromatic rings. The van der Waals surface area contributed by atoms with Gasteiger partial charge in [-0.3, -0.25) is 0 Å². The summed E-state index contributed by atoms with van der Waals surface area (Å²) >= 11 is 0. The van der Waals surface area contributed by atoms with Crippen molar-refractivity contribution in [1.29, 1.82) is 0 Å². The summed E-state index contributed by atoms with van der Waals surface area (Å²) in [5, 5.41) is 4.89. The highest BCUT2D eigenvalue weighted by molar-refractivity contribution is 7.89. The van der Waals surface area contributed by atoms with Gasteiger partial charge in [-0.25, -0.2) is 13.6 Å². The number of nitrogens with two attached hydrogens (primary N) is 1. The zero-order chi connectivity index (χ0) is 19.7. The molecule has 0 bridgehead atoms. The van der Waals surface area contributed by atoms with E-state index in [-0.39, 0.29) is 5.69 Å². The van der Waals surface area contributed by atoms with E-state index in [1.165, 1.54) is 6.07 Å². The molecule has 5 nitrogen and oxygen atoms in total. The maximum atomic E-state index is 13.2. The van der Waals surface area contributed by atoms with Crippen LogP contribution in [0.25, 0.3) is 0 Å². The van der Waals surface area contributed by atoms with Gasteiger partial charge in [0, 0.05) is 19.3 Å². The molecule has 0 aliphatic rings. The lowest BCUT2D eigenvalue weighted by Crippen LogP contribution is -2.21. The fourth-order valence-electron chi connectivity index (χ4n) is 2.63. The Kier molecular flexibility index (Phi) is 5.52. The molecule has 0 atom stereocenters. The molecule has 0 spiro atoms. The first-order valence-electron chi connectivity index (χ1n) is 7.52. The molecule has 0 aliphatic carbocycles. The molecular formula is C17H19F3N2O3S. The third kappa shape index (κ3) is 4.47. The van der Waals surface area contributed by atoms with Gasteiger partial charge < -0.3 is 9.64 Å². The Morgan fingerprint density at radius 2 is 1.81 bits per heavy atom. The van der Waals surface area contributed by atoms with E-state index in [9.17, 15) is 21.6 Å². The van der Waals surface area contributed by atoms with Gasteiger partial charge in [0.2, 0.25) is 10.0 Å². The van der Waals surface area contributed by atoms with E-state index in [1.54, 1.807) is 25.1 Å². The fraction of sp³-hybridized carbons (Fsp3) is 0.294. The van der Waals surface area contributed by atoms with Crippen LogP contribution in [-0.4, -0.2) is 22.6 Å². The number of hydrogen-bond donors (Lipinski definition) is 1.